The van der Waals surface area contributed by atoms with Crippen LogP contribution in [-0.4, -0.2) is 75.5 Å². The summed E-state index contributed by atoms with van der Waals surface area (Å²) in [4.78, 5) is 36.9. The summed E-state index contributed by atoms with van der Waals surface area (Å²) in [5.74, 6) is -1.90. The minimum Gasteiger partial charge on any atom is -0.544 e. The van der Waals surface area contributed by atoms with Crippen LogP contribution in [0.5, 0.6) is 0 Å². The van der Waals surface area contributed by atoms with Gasteiger partial charge >= 0.3 is 11.9 Å². The van der Waals surface area contributed by atoms with Gasteiger partial charge in [-0.05, 0) is 64.2 Å². The van der Waals surface area contributed by atoms with E-state index in [-0.39, 0.29) is 43.1 Å². The number of quaternary nitrogens is 1. The fraction of sp³-hybridized carbons (Fsp3) is 0.712. The minimum absolute atomic E-state index is 0.00233. The lowest BCUT2D eigenvalue weighted by atomic mass is 10.1. The van der Waals surface area contributed by atoms with Gasteiger partial charge in [0.1, 0.15) is 12.6 Å². The summed E-state index contributed by atoms with van der Waals surface area (Å²) in [5, 5.41) is 11.6. The number of carbonyl (C=O) groups excluding carboxylic acids is 3. The lowest BCUT2D eigenvalue weighted by Crippen LogP contribution is -2.55. The molecule has 0 heterocycles. The van der Waals surface area contributed by atoms with Gasteiger partial charge in [-0.25, -0.2) is 0 Å². The second-order valence-corrected chi connectivity index (χ2v) is 17.0. The van der Waals surface area contributed by atoms with Crippen LogP contribution >= 0.6 is 0 Å². The van der Waals surface area contributed by atoms with Gasteiger partial charge < -0.3 is 28.6 Å². The summed E-state index contributed by atoms with van der Waals surface area (Å²) >= 11 is 0. The summed E-state index contributed by atoms with van der Waals surface area (Å²) in [5.41, 5.74) is 0. The van der Waals surface area contributed by atoms with Gasteiger partial charge in [-0.2, -0.15) is 0 Å². The molecule has 0 bridgehead atoms. The molecule has 0 aliphatic carbocycles. The molecule has 0 aromatic heterocycles. The van der Waals surface area contributed by atoms with Gasteiger partial charge in [0.15, 0.2) is 6.10 Å². The number of esters is 2. The first-order valence-electron chi connectivity index (χ1n) is 24.0. The lowest BCUT2D eigenvalue weighted by molar-refractivity contribution is -0.889. The van der Waals surface area contributed by atoms with Crippen LogP contribution in [0, 0.1) is 0 Å². The Labute approximate surface area is 368 Å². The zero-order valence-electron chi connectivity index (χ0n) is 39.1. The van der Waals surface area contributed by atoms with Gasteiger partial charge in [-0.1, -0.05) is 177 Å². The first kappa shape index (κ1) is 56.8. The largest absolute Gasteiger partial charge is 0.544 e. The van der Waals surface area contributed by atoms with Crippen molar-refractivity contribution in [1.29, 1.82) is 0 Å². The van der Waals surface area contributed by atoms with Gasteiger partial charge in [-0.3, -0.25) is 9.59 Å². The number of aliphatic carboxylic acids is 1. The number of likely N-dealkylation sites (N-methyl/N-ethyl adjacent to an activating group) is 1. The van der Waals surface area contributed by atoms with E-state index in [1.807, 2.05) is 6.08 Å². The Morgan fingerprint density at radius 2 is 0.983 bits per heavy atom. The molecule has 0 fully saturated rings. The van der Waals surface area contributed by atoms with Crippen LogP contribution in [0.4, 0.5) is 0 Å². The SMILES string of the molecule is CC/C=C\C/C=C\C/C=C\C/C=C\C/C=C\CC(=O)OC(COCCC(C(=O)[O-])[N+](C)(C)C)COC(=O)CCCCCCCCCCC/C=C\CCCCCCCCCC. The number of carboxylic acid groups (broad SMARTS) is 1. The molecule has 0 aromatic carbocycles. The second-order valence-electron chi connectivity index (χ2n) is 17.0. The van der Waals surface area contributed by atoms with Crippen LogP contribution in [0.3, 0.4) is 0 Å². The van der Waals surface area contributed by atoms with Crippen molar-refractivity contribution >= 4 is 17.9 Å². The molecule has 8 heteroatoms. The Balaban J connectivity index is 4.36. The van der Waals surface area contributed by atoms with Crippen LogP contribution in [0.15, 0.2) is 72.9 Å². The molecular formula is C52H89NO7. The smallest absolute Gasteiger partial charge is 0.310 e. The molecule has 0 aliphatic rings. The van der Waals surface area contributed by atoms with Crippen molar-refractivity contribution in [1.82, 2.24) is 0 Å². The first-order chi connectivity index (χ1) is 29.1. The number of unbranched alkanes of at least 4 members (excludes halogenated alkanes) is 17. The van der Waals surface area contributed by atoms with Gasteiger partial charge in [-0.15, -0.1) is 0 Å². The third kappa shape index (κ3) is 40.2. The zero-order chi connectivity index (χ0) is 44.2. The van der Waals surface area contributed by atoms with E-state index in [1.54, 1.807) is 27.2 Å². The molecule has 0 saturated carbocycles. The van der Waals surface area contributed by atoms with E-state index in [9.17, 15) is 19.5 Å². The van der Waals surface area contributed by atoms with E-state index < -0.39 is 24.1 Å². The van der Waals surface area contributed by atoms with Crippen molar-refractivity contribution in [2.75, 3.05) is 41.0 Å². The summed E-state index contributed by atoms with van der Waals surface area (Å²) in [6.07, 6.45) is 53.9. The number of hydrogen-bond donors (Lipinski definition) is 0. The normalized spacial score (nSPS) is 13.6. The number of allylic oxidation sites excluding steroid dienone is 11. The molecular weight excluding hydrogens is 751 g/mol. The average molecular weight is 840 g/mol. The molecule has 2 atom stereocenters. The van der Waals surface area contributed by atoms with Crippen LogP contribution in [-0.2, 0) is 28.6 Å². The highest BCUT2D eigenvalue weighted by Crippen LogP contribution is 2.14. The second kappa shape index (κ2) is 42.5. The molecule has 0 aromatic rings. The maximum absolute atomic E-state index is 12.7. The maximum atomic E-state index is 12.7. The Bertz CT molecular complexity index is 1210. The molecule has 0 aliphatic heterocycles. The van der Waals surface area contributed by atoms with E-state index in [1.165, 1.54) is 103 Å². The molecule has 344 valence electrons. The highest BCUT2D eigenvalue weighted by molar-refractivity contribution is 5.71. The standard InChI is InChI=1S/C52H89NO7/c1-6-8-10-12-14-16-18-20-22-23-24-25-26-27-29-30-32-34-36-38-40-42-50(54)59-47-48(46-58-45-44-49(52(56)57)53(3,4)5)60-51(55)43-41-39-37-35-33-31-28-21-19-17-15-13-11-9-7-2/h9,11,15,17,21,23-24,28,33,35,39,41,48-49H,6-8,10,12-14,16,18-20,22,25-27,29-32,34,36-38,40,42-47H2,1-5H3/b11-9-,17-15-,24-23-,28-21-,35-33-,41-39-. The fourth-order valence-corrected chi connectivity index (χ4v) is 6.67. The van der Waals surface area contributed by atoms with Crippen LogP contribution in [0.2, 0.25) is 0 Å². The van der Waals surface area contributed by atoms with Gasteiger partial charge in [0, 0.05) is 12.8 Å². The molecule has 0 N–H and O–H groups in total. The number of ether oxygens (including phenoxy) is 3. The van der Waals surface area contributed by atoms with E-state index in [0.717, 1.165) is 44.9 Å². The lowest BCUT2D eigenvalue weighted by Gasteiger charge is -2.34. The molecule has 0 amide bonds. The van der Waals surface area contributed by atoms with Crippen LogP contribution in [0.25, 0.3) is 0 Å². The van der Waals surface area contributed by atoms with Crippen molar-refractivity contribution in [3.63, 3.8) is 0 Å². The molecule has 0 spiro atoms. The average Bonchev–Trinajstić information content (AvgIpc) is 3.21. The Hall–Kier alpha value is -3.23. The molecule has 60 heavy (non-hydrogen) atoms. The number of carboxylic acids is 1. The first-order valence-corrected chi connectivity index (χ1v) is 24.0. The minimum atomic E-state index is -1.14. The van der Waals surface area contributed by atoms with E-state index in [0.29, 0.717) is 12.8 Å². The molecule has 0 radical (unpaired) electrons. The molecule has 0 rings (SSSR count). The highest BCUT2D eigenvalue weighted by atomic mass is 16.6. The van der Waals surface area contributed by atoms with Gasteiger partial charge in [0.2, 0.25) is 0 Å². The van der Waals surface area contributed by atoms with Crippen molar-refractivity contribution in [3.8, 4) is 0 Å². The van der Waals surface area contributed by atoms with Crippen molar-refractivity contribution < 1.29 is 38.2 Å². The summed E-state index contributed by atoms with van der Waals surface area (Å²) in [6.45, 7) is 4.44. The van der Waals surface area contributed by atoms with Crippen molar-refractivity contribution in [2.45, 2.75) is 199 Å². The predicted molar refractivity (Wildman–Crippen MR) is 249 cm³/mol. The zero-order valence-corrected chi connectivity index (χ0v) is 39.1. The molecule has 8 nitrogen and oxygen atoms in total. The maximum Gasteiger partial charge on any atom is 0.310 e. The van der Waals surface area contributed by atoms with Crippen molar-refractivity contribution in [2.24, 2.45) is 0 Å². The fourth-order valence-electron chi connectivity index (χ4n) is 6.67. The summed E-state index contributed by atoms with van der Waals surface area (Å²) in [6, 6.07) is -0.745. The number of rotatable bonds is 42. The summed E-state index contributed by atoms with van der Waals surface area (Å²) in [7, 11) is 5.37. The quantitative estimate of drug-likeness (QED) is 0.0261. The van der Waals surface area contributed by atoms with Gasteiger partial charge in [0.25, 0.3) is 0 Å². The van der Waals surface area contributed by atoms with Crippen molar-refractivity contribution in [3.05, 3.63) is 72.9 Å². The van der Waals surface area contributed by atoms with Crippen LogP contribution < -0.4 is 5.11 Å². The third-order valence-electron chi connectivity index (χ3n) is 10.4. The monoisotopic (exact) mass is 840 g/mol. The number of hydrogen-bond acceptors (Lipinski definition) is 7. The predicted octanol–water partition coefficient (Wildman–Crippen LogP) is 12.2. The molecule has 2 unspecified atom stereocenters. The third-order valence-corrected chi connectivity index (χ3v) is 10.4. The number of carbonyl (C=O) groups is 3. The Morgan fingerprint density at radius 3 is 1.45 bits per heavy atom. The summed E-state index contributed by atoms with van der Waals surface area (Å²) < 4.78 is 17.1. The van der Waals surface area contributed by atoms with E-state index in [4.69, 9.17) is 14.2 Å². The van der Waals surface area contributed by atoms with Crippen LogP contribution in [0.1, 0.15) is 187 Å². The highest BCUT2D eigenvalue weighted by Gasteiger charge is 2.25. The van der Waals surface area contributed by atoms with E-state index in [2.05, 4.69) is 74.6 Å². The topological polar surface area (TPSA) is 102 Å². The number of nitrogens with zero attached hydrogens (tertiary/aromatic N) is 1. The Morgan fingerprint density at radius 1 is 0.533 bits per heavy atom. The van der Waals surface area contributed by atoms with E-state index >= 15 is 0 Å². The Kier molecular flexibility index (Phi) is 40.2. The van der Waals surface area contributed by atoms with Gasteiger partial charge in [0.05, 0.1) is 46.7 Å². The molecule has 0 saturated heterocycles.